The third-order valence-corrected chi connectivity index (χ3v) is 4.97. The largest absolute Gasteiger partial charge is 0.345 e. The average Bonchev–Trinajstić information content (AvgIpc) is 3.12. The van der Waals surface area contributed by atoms with Crippen LogP contribution in [0.25, 0.3) is 0 Å². The minimum Gasteiger partial charge on any atom is -0.345 e. The van der Waals surface area contributed by atoms with Crippen LogP contribution in [-0.2, 0) is 13.1 Å². The Bertz CT molecular complexity index is 873. The van der Waals surface area contributed by atoms with Crippen LogP contribution in [0.2, 0.25) is 5.02 Å². The van der Waals surface area contributed by atoms with E-state index in [0.717, 1.165) is 31.6 Å². The molecule has 0 radical (unpaired) electrons. The number of carbonyl (C=O) groups is 1. The molecule has 1 aromatic heterocycles. The summed E-state index contributed by atoms with van der Waals surface area (Å²) >= 11 is 6.26. The van der Waals surface area contributed by atoms with Gasteiger partial charge >= 0.3 is 0 Å². The van der Waals surface area contributed by atoms with Gasteiger partial charge in [0.05, 0.1) is 17.1 Å². The fourth-order valence-corrected chi connectivity index (χ4v) is 3.35. The molecule has 3 nitrogen and oxygen atoms in total. The van der Waals surface area contributed by atoms with Crippen molar-refractivity contribution >= 4 is 17.5 Å². The predicted octanol–water partition coefficient (Wildman–Crippen LogP) is 5.63. The van der Waals surface area contributed by atoms with Crippen molar-refractivity contribution in [3.63, 3.8) is 0 Å². The number of nitrogens with zero attached hydrogens (tertiary/aromatic N) is 2. The lowest BCUT2D eigenvalue weighted by molar-refractivity contribution is 0.0737. The Balaban J connectivity index is 1.80. The first-order valence-corrected chi connectivity index (χ1v) is 9.78. The SMILES string of the molecule is CCCCN(Cc1cccn1Cc1ccccc1)C(=O)c1ccccc1Cl. The number of hydrogen-bond donors (Lipinski definition) is 0. The molecule has 4 heteroatoms. The van der Waals surface area contributed by atoms with Crippen LogP contribution >= 0.6 is 11.6 Å². The smallest absolute Gasteiger partial charge is 0.255 e. The lowest BCUT2D eigenvalue weighted by Crippen LogP contribution is -2.32. The van der Waals surface area contributed by atoms with Gasteiger partial charge in [0.25, 0.3) is 5.91 Å². The summed E-state index contributed by atoms with van der Waals surface area (Å²) in [6.45, 7) is 4.22. The molecule has 1 heterocycles. The first kappa shape index (κ1) is 19.2. The molecule has 0 aliphatic rings. The highest BCUT2D eigenvalue weighted by atomic mass is 35.5. The van der Waals surface area contributed by atoms with Gasteiger partial charge in [0, 0.05) is 25.0 Å². The van der Waals surface area contributed by atoms with E-state index in [0.29, 0.717) is 17.1 Å². The van der Waals surface area contributed by atoms with Crippen LogP contribution in [0.1, 0.15) is 41.4 Å². The molecular weight excluding hydrogens is 356 g/mol. The van der Waals surface area contributed by atoms with Crippen molar-refractivity contribution in [2.75, 3.05) is 6.54 Å². The zero-order valence-electron chi connectivity index (χ0n) is 15.6. The molecule has 0 N–H and O–H groups in total. The number of aromatic nitrogens is 1. The van der Waals surface area contributed by atoms with Crippen molar-refractivity contribution in [3.8, 4) is 0 Å². The minimum absolute atomic E-state index is 0.0125. The van der Waals surface area contributed by atoms with Crippen LogP contribution in [0.3, 0.4) is 0 Å². The Kier molecular flexibility index (Phi) is 6.72. The summed E-state index contributed by atoms with van der Waals surface area (Å²) in [5, 5.41) is 0.503. The summed E-state index contributed by atoms with van der Waals surface area (Å²) in [5.74, 6) is -0.0125. The van der Waals surface area contributed by atoms with Crippen LogP contribution in [0, 0.1) is 0 Å². The van der Waals surface area contributed by atoms with Gasteiger partial charge < -0.3 is 9.47 Å². The van der Waals surface area contributed by atoms with Gasteiger partial charge in [0.2, 0.25) is 0 Å². The third kappa shape index (κ3) is 5.01. The lowest BCUT2D eigenvalue weighted by atomic mass is 10.1. The van der Waals surface area contributed by atoms with Gasteiger partial charge in [-0.15, -0.1) is 0 Å². The van der Waals surface area contributed by atoms with Gasteiger partial charge in [0.15, 0.2) is 0 Å². The maximum absolute atomic E-state index is 13.1. The number of benzene rings is 2. The fraction of sp³-hybridized carbons (Fsp3) is 0.261. The van der Waals surface area contributed by atoms with E-state index in [1.54, 1.807) is 12.1 Å². The highest BCUT2D eigenvalue weighted by Crippen LogP contribution is 2.19. The van der Waals surface area contributed by atoms with Gasteiger partial charge in [-0.2, -0.15) is 0 Å². The van der Waals surface area contributed by atoms with Gasteiger partial charge in [-0.3, -0.25) is 4.79 Å². The van der Waals surface area contributed by atoms with E-state index in [1.165, 1.54) is 5.56 Å². The van der Waals surface area contributed by atoms with E-state index < -0.39 is 0 Å². The molecule has 0 aliphatic carbocycles. The number of rotatable bonds is 8. The second-order valence-corrected chi connectivity index (χ2v) is 7.08. The summed E-state index contributed by atoms with van der Waals surface area (Å²) in [7, 11) is 0. The van der Waals surface area contributed by atoms with Crippen LogP contribution in [-0.4, -0.2) is 21.9 Å². The second kappa shape index (κ2) is 9.43. The maximum Gasteiger partial charge on any atom is 0.255 e. The fourth-order valence-electron chi connectivity index (χ4n) is 3.13. The molecule has 0 saturated heterocycles. The van der Waals surface area contributed by atoms with Crippen LogP contribution in [0.4, 0.5) is 0 Å². The summed E-state index contributed by atoms with van der Waals surface area (Å²) in [4.78, 5) is 15.0. The number of hydrogen-bond acceptors (Lipinski definition) is 1. The topological polar surface area (TPSA) is 25.2 Å². The van der Waals surface area contributed by atoms with Crippen molar-refractivity contribution < 1.29 is 4.79 Å². The Morgan fingerprint density at radius 2 is 1.74 bits per heavy atom. The number of unbranched alkanes of at least 4 members (excludes halogenated alkanes) is 1. The van der Waals surface area contributed by atoms with E-state index in [1.807, 2.05) is 41.3 Å². The molecule has 3 rings (SSSR count). The minimum atomic E-state index is -0.0125. The van der Waals surface area contributed by atoms with Gasteiger partial charge in [-0.1, -0.05) is 67.4 Å². The molecule has 0 aliphatic heterocycles. The number of halogens is 1. The molecule has 0 atom stereocenters. The summed E-state index contributed by atoms with van der Waals surface area (Å²) in [5.41, 5.74) is 2.93. The zero-order chi connectivity index (χ0) is 19.1. The Labute approximate surface area is 166 Å². The Morgan fingerprint density at radius 3 is 2.48 bits per heavy atom. The molecule has 1 amide bonds. The van der Waals surface area contributed by atoms with E-state index >= 15 is 0 Å². The van der Waals surface area contributed by atoms with E-state index in [2.05, 4.69) is 35.9 Å². The maximum atomic E-state index is 13.1. The summed E-state index contributed by atoms with van der Waals surface area (Å²) in [6.07, 6.45) is 4.08. The van der Waals surface area contributed by atoms with E-state index in [4.69, 9.17) is 11.6 Å². The molecule has 0 fully saturated rings. The van der Waals surface area contributed by atoms with Crippen molar-refractivity contribution in [1.82, 2.24) is 9.47 Å². The standard InChI is InChI=1S/C23H25ClN2O/c1-2-3-15-26(23(27)21-13-7-8-14-22(21)24)18-20-12-9-16-25(20)17-19-10-5-4-6-11-19/h4-14,16H,2-3,15,17-18H2,1H3. The molecule has 140 valence electrons. The summed E-state index contributed by atoms with van der Waals surface area (Å²) in [6, 6.07) is 21.8. The van der Waals surface area contributed by atoms with Crippen molar-refractivity contribution in [2.45, 2.75) is 32.9 Å². The molecule has 0 unspecified atom stereocenters. The molecule has 0 bridgehead atoms. The molecule has 27 heavy (non-hydrogen) atoms. The van der Waals surface area contributed by atoms with Crippen molar-refractivity contribution in [3.05, 3.63) is 94.8 Å². The lowest BCUT2D eigenvalue weighted by Gasteiger charge is -2.24. The second-order valence-electron chi connectivity index (χ2n) is 6.67. The van der Waals surface area contributed by atoms with E-state index in [9.17, 15) is 4.79 Å². The van der Waals surface area contributed by atoms with Crippen molar-refractivity contribution in [2.24, 2.45) is 0 Å². The van der Waals surface area contributed by atoms with Crippen molar-refractivity contribution in [1.29, 1.82) is 0 Å². The molecule has 0 spiro atoms. The summed E-state index contributed by atoms with van der Waals surface area (Å²) < 4.78 is 2.20. The van der Waals surface area contributed by atoms with E-state index in [-0.39, 0.29) is 5.91 Å². The quantitative estimate of drug-likeness (QED) is 0.497. The van der Waals surface area contributed by atoms with Gasteiger partial charge in [-0.25, -0.2) is 0 Å². The van der Waals surface area contributed by atoms with Gasteiger partial charge in [0.1, 0.15) is 0 Å². The first-order chi connectivity index (χ1) is 13.2. The Morgan fingerprint density at radius 1 is 1.00 bits per heavy atom. The highest BCUT2D eigenvalue weighted by Gasteiger charge is 2.19. The van der Waals surface area contributed by atoms with Crippen LogP contribution in [0.15, 0.2) is 72.9 Å². The number of amides is 1. The highest BCUT2D eigenvalue weighted by molar-refractivity contribution is 6.33. The Hall–Kier alpha value is -2.52. The molecule has 3 aromatic rings. The zero-order valence-corrected chi connectivity index (χ0v) is 16.4. The normalized spacial score (nSPS) is 10.7. The molecular formula is C23H25ClN2O. The van der Waals surface area contributed by atoms with Crippen LogP contribution in [0.5, 0.6) is 0 Å². The first-order valence-electron chi connectivity index (χ1n) is 9.40. The average molecular weight is 381 g/mol. The molecule has 2 aromatic carbocycles. The number of carbonyl (C=O) groups excluding carboxylic acids is 1. The van der Waals surface area contributed by atoms with Crippen LogP contribution < -0.4 is 0 Å². The predicted molar refractivity (Wildman–Crippen MR) is 111 cm³/mol. The van der Waals surface area contributed by atoms with Gasteiger partial charge in [-0.05, 0) is 36.2 Å². The monoisotopic (exact) mass is 380 g/mol. The third-order valence-electron chi connectivity index (χ3n) is 4.65. The molecule has 0 saturated carbocycles.